The number of aromatic nitrogens is 2. The molecule has 0 aliphatic heterocycles. The number of nitrogen functional groups attached to an aromatic ring is 1. The lowest BCUT2D eigenvalue weighted by molar-refractivity contribution is 0.899. The topological polar surface area (TPSA) is 51.8 Å². The minimum Gasteiger partial charge on any atom is -0.368 e. The molecule has 2 aromatic carbocycles. The number of hydrogen-bond donors (Lipinski definition) is 1. The Labute approximate surface area is 135 Å². The van der Waals surface area contributed by atoms with E-state index in [2.05, 4.69) is 47.2 Å². The fraction of sp³-hybridized carbons (Fsp3) is 0.222. The normalized spacial score (nSPS) is 11.0. The minimum absolute atomic E-state index is 0.361. The zero-order valence-corrected chi connectivity index (χ0v) is 13.4. The van der Waals surface area contributed by atoms with Gasteiger partial charge in [0.05, 0.1) is 11.2 Å². The smallest absolute Gasteiger partial charge is 0.220 e. The van der Waals surface area contributed by atoms with Gasteiger partial charge in [-0.25, -0.2) is 9.97 Å². The van der Waals surface area contributed by atoms with Crippen molar-refractivity contribution in [3.05, 3.63) is 59.8 Å². The monoisotopic (exact) mass is 309 g/mol. The fourth-order valence-corrected chi connectivity index (χ4v) is 3.47. The Morgan fingerprint density at radius 3 is 2.64 bits per heavy atom. The van der Waals surface area contributed by atoms with Gasteiger partial charge in [0.1, 0.15) is 0 Å². The van der Waals surface area contributed by atoms with Crippen molar-refractivity contribution in [3.8, 4) is 0 Å². The van der Waals surface area contributed by atoms with E-state index in [-0.39, 0.29) is 0 Å². The lowest BCUT2D eigenvalue weighted by Crippen LogP contribution is -2.01. The number of nitrogens with two attached hydrogens (primary N) is 1. The van der Waals surface area contributed by atoms with E-state index in [1.165, 1.54) is 10.5 Å². The van der Waals surface area contributed by atoms with Crippen molar-refractivity contribution in [1.82, 2.24) is 9.97 Å². The zero-order chi connectivity index (χ0) is 15.4. The molecule has 22 heavy (non-hydrogen) atoms. The maximum atomic E-state index is 5.81. The van der Waals surface area contributed by atoms with E-state index in [4.69, 9.17) is 5.73 Å². The predicted octanol–water partition coefficient (Wildman–Crippen LogP) is 4.25. The Hall–Kier alpha value is -2.07. The van der Waals surface area contributed by atoms with Gasteiger partial charge in [0.15, 0.2) is 0 Å². The summed E-state index contributed by atoms with van der Waals surface area (Å²) < 4.78 is 0. The average Bonchev–Trinajstić information content (AvgIpc) is 2.53. The summed E-state index contributed by atoms with van der Waals surface area (Å²) in [5, 5.41) is 1.11. The minimum atomic E-state index is 0.361. The van der Waals surface area contributed by atoms with Gasteiger partial charge in [-0.1, -0.05) is 36.4 Å². The van der Waals surface area contributed by atoms with Crippen LogP contribution in [-0.2, 0) is 6.42 Å². The highest BCUT2D eigenvalue weighted by Crippen LogP contribution is 2.24. The van der Waals surface area contributed by atoms with Gasteiger partial charge in [-0.3, -0.25) is 0 Å². The SMILES string of the molecule is Cc1ccccc1SCCCc1nc(N)nc2ccccc12. The Kier molecular flexibility index (Phi) is 4.59. The maximum absolute atomic E-state index is 5.81. The van der Waals surface area contributed by atoms with Gasteiger partial charge in [0.2, 0.25) is 5.95 Å². The third kappa shape index (κ3) is 3.39. The van der Waals surface area contributed by atoms with Crippen LogP contribution in [0, 0.1) is 6.92 Å². The third-order valence-electron chi connectivity index (χ3n) is 3.61. The number of aryl methyl sites for hydroxylation is 2. The van der Waals surface area contributed by atoms with E-state index >= 15 is 0 Å². The van der Waals surface area contributed by atoms with Crippen LogP contribution in [0.1, 0.15) is 17.7 Å². The highest BCUT2D eigenvalue weighted by Gasteiger charge is 2.06. The first kappa shape index (κ1) is 14.9. The van der Waals surface area contributed by atoms with Crippen LogP contribution in [0.15, 0.2) is 53.4 Å². The van der Waals surface area contributed by atoms with Gasteiger partial charge in [0, 0.05) is 10.3 Å². The molecule has 4 heteroatoms. The molecule has 0 saturated heterocycles. The van der Waals surface area contributed by atoms with Crippen LogP contribution in [0.3, 0.4) is 0 Å². The zero-order valence-electron chi connectivity index (χ0n) is 12.6. The highest BCUT2D eigenvalue weighted by atomic mass is 32.2. The number of fused-ring (bicyclic) bond motifs is 1. The van der Waals surface area contributed by atoms with Gasteiger partial charge in [-0.15, -0.1) is 11.8 Å². The summed E-state index contributed by atoms with van der Waals surface area (Å²) in [6.07, 6.45) is 1.99. The molecule has 0 saturated carbocycles. The standard InChI is InChI=1S/C18H19N3S/c1-13-7-2-5-11-17(13)22-12-6-10-16-14-8-3-4-9-15(14)20-18(19)21-16/h2-5,7-9,11H,6,10,12H2,1H3,(H2,19,20,21). The lowest BCUT2D eigenvalue weighted by atomic mass is 10.1. The molecule has 3 nitrogen and oxygen atoms in total. The average molecular weight is 309 g/mol. The largest absolute Gasteiger partial charge is 0.368 e. The van der Waals surface area contributed by atoms with Crippen LogP contribution in [-0.4, -0.2) is 15.7 Å². The molecule has 0 unspecified atom stereocenters. The summed E-state index contributed by atoms with van der Waals surface area (Å²) in [4.78, 5) is 10.1. The first-order valence-electron chi connectivity index (χ1n) is 7.43. The summed E-state index contributed by atoms with van der Waals surface area (Å²) in [6, 6.07) is 16.6. The molecule has 0 aliphatic carbocycles. The summed E-state index contributed by atoms with van der Waals surface area (Å²) in [7, 11) is 0. The number of benzene rings is 2. The molecular formula is C18H19N3S. The summed E-state index contributed by atoms with van der Waals surface area (Å²) in [5.74, 6) is 1.43. The molecule has 2 N–H and O–H groups in total. The first-order chi connectivity index (χ1) is 10.7. The number of para-hydroxylation sites is 1. The molecule has 0 atom stereocenters. The Bertz CT molecular complexity index is 786. The van der Waals surface area contributed by atoms with Crippen LogP contribution < -0.4 is 5.73 Å². The van der Waals surface area contributed by atoms with E-state index in [0.717, 1.165) is 35.2 Å². The molecule has 0 aliphatic rings. The molecule has 0 amide bonds. The molecule has 0 bridgehead atoms. The second-order valence-electron chi connectivity index (χ2n) is 5.26. The molecular weight excluding hydrogens is 290 g/mol. The second kappa shape index (κ2) is 6.79. The molecule has 0 radical (unpaired) electrons. The molecule has 1 heterocycles. The number of nitrogens with zero attached hydrogens (tertiary/aromatic N) is 2. The van der Waals surface area contributed by atoms with E-state index in [0.29, 0.717) is 5.95 Å². The number of anilines is 1. The van der Waals surface area contributed by atoms with Crippen molar-refractivity contribution in [3.63, 3.8) is 0 Å². The Morgan fingerprint density at radius 2 is 1.77 bits per heavy atom. The van der Waals surface area contributed by atoms with E-state index < -0.39 is 0 Å². The molecule has 0 fully saturated rings. The van der Waals surface area contributed by atoms with Gasteiger partial charge in [-0.05, 0) is 43.2 Å². The first-order valence-corrected chi connectivity index (χ1v) is 8.42. The predicted molar refractivity (Wildman–Crippen MR) is 94.2 cm³/mol. The molecule has 0 spiro atoms. The second-order valence-corrected chi connectivity index (χ2v) is 6.40. The van der Waals surface area contributed by atoms with Crippen LogP contribution in [0.25, 0.3) is 10.9 Å². The summed E-state index contributed by atoms with van der Waals surface area (Å²) in [5.41, 5.74) is 9.13. The summed E-state index contributed by atoms with van der Waals surface area (Å²) >= 11 is 1.90. The van der Waals surface area contributed by atoms with Crippen molar-refractivity contribution >= 4 is 28.6 Å². The third-order valence-corrected chi connectivity index (χ3v) is 4.87. The fourth-order valence-electron chi connectivity index (χ4n) is 2.49. The number of rotatable bonds is 5. The molecule has 1 aromatic heterocycles. The van der Waals surface area contributed by atoms with Gasteiger partial charge in [0.25, 0.3) is 0 Å². The van der Waals surface area contributed by atoms with Gasteiger partial charge >= 0.3 is 0 Å². The number of thioether (sulfide) groups is 1. The van der Waals surface area contributed by atoms with Crippen molar-refractivity contribution in [2.45, 2.75) is 24.7 Å². The Morgan fingerprint density at radius 1 is 1.00 bits per heavy atom. The number of hydrogen-bond acceptors (Lipinski definition) is 4. The van der Waals surface area contributed by atoms with Crippen molar-refractivity contribution in [2.24, 2.45) is 0 Å². The highest BCUT2D eigenvalue weighted by molar-refractivity contribution is 7.99. The lowest BCUT2D eigenvalue weighted by Gasteiger charge is -2.07. The van der Waals surface area contributed by atoms with Crippen molar-refractivity contribution in [1.29, 1.82) is 0 Å². The van der Waals surface area contributed by atoms with Crippen LogP contribution >= 0.6 is 11.8 Å². The van der Waals surface area contributed by atoms with E-state index in [1.807, 2.05) is 30.0 Å². The van der Waals surface area contributed by atoms with Gasteiger partial charge in [-0.2, -0.15) is 0 Å². The molecule has 112 valence electrons. The van der Waals surface area contributed by atoms with Crippen molar-refractivity contribution < 1.29 is 0 Å². The quantitative estimate of drug-likeness (QED) is 0.565. The van der Waals surface area contributed by atoms with Crippen LogP contribution in [0.2, 0.25) is 0 Å². The van der Waals surface area contributed by atoms with E-state index in [9.17, 15) is 0 Å². The maximum Gasteiger partial charge on any atom is 0.220 e. The van der Waals surface area contributed by atoms with Gasteiger partial charge < -0.3 is 5.73 Å². The van der Waals surface area contributed by atoms with E-state index in [1.54, 1.807) is 0 Å². The van der Waals surface area contributed by atoms with Crippen molar-refractivity contribution in [2.75, 3.05) is 11.5 Å². The Balaban J connectivity index is 1.66. The summed E-state index contributed by atoms with van der Waals surface area (Å²) in [6.45, 7) is 2.15. The van der Waals surface area contributed by atoms with Crippen LogP contribution in [0.4, 0.5) is 5.95 Å². The van der Waals surface area contributed by atoms with Crippen LogP contribution in [0.5, 0.6) is 0 Å². The molecule has 3 aromatic rings. The molecule has 3 rings (SSSR count).